The van der Waals surface area contributed by atoms with E-state index in [1.165, 1.54) is 12.5 Å². The number of carbonyl (C=O) groups excluding carboxylic acids is 8. The van der Waals surface area contributed by atoms with Crippen molar-refractivity contribution in [2.24, 2.45) is 51.8 Å². The van der Waals surface area contributed by atoms with Gasteiger partial charge in [0.2, 0.25) is 0 Å². The highest BCUT2D eigenvalue weighted by Crippen LogP contribution is 2.71. The highest BCUT2D eigenvalue weighted by Gasteiger charge is 2.70. The van der Waals surface area contributed by atoms with Gasteiger partial charge in [-0.25, -0.2) is 4.79 Å². The largest absolute Gasteiger partial charge is 0.459 e. The molecule has 28 nitrogen and oxygen atoms in total. The third-order valence-electron chi connectivity index (χ3n) is 24.2. The first-order valence-corrected chi connectivity index (χ1v) is 37.9. The first-order chi connectivity index (χ1) is 49.9. The monoisotopic (exact) mass is 1490 g/mol. The summed E-state index contributed by atoms with van der Waals surface area (Å²) in [5, 5.41) is 0. The zero-order valence-electron chi connectivity index (χ0n) is 64.3. The fraction of sp³-hybridized carbons (Fsp3) is 0.795. The van der Waals surface area contributed by atoms with Gasteiger partial charge in [0.05, 0.1) is 48.1 Å². The predicted octanol–water partition coefficient (Wildman–Crippen LogP) is 8.78. The van der Waals surface area contributed by atoms with Crippen molar-refractivity contribution in [2.75, 3.05) is 13.2 Å². The smallest absolute Gasteiger partial charge is 0.338 e. The van der Waals surface area contributed by atoms with Gasteiger partial charge in [0.1, 0.15) is 37.1 Å². The maximum absolute atomic E-state index is 15.1. The molecule has 0 radical (unpaired) electrons. The van der Waals surface area contributed by atoms with Gasteiger partial charge in [-0.15, -0.1) is 0 Å². The molecule has 590 valence electrons. The number of benzene rings is 1. The minimum absolute atomic E-state index is 0.0819. The fourth-order valence-electron chi connectivity index (χ4n) is 19.5. The molecule has 12 rings (SSSR count). The Morgan fingerprint density at radius 1 is 0.519 bits per heavy atom. The third kappa shape index (κ3) is 16.2. The summed E-state index contributed by atoms with van der Waals surface area (Å²) in [6.45, 7) is 29.6. The highest BCUT2D eigenvalue weighted by molar-refractivity contribution is 5.89. The predicted molar refractivity (Wildman–Crippen MR) is 366 cm³/mol. The van der Waals surface area contributed by atoms with E-state index in [9.17, 15) is 33.6 Å². The van der Waals surface area contributed by atoms with Crippen molar-refractivity contribution in [2.45, 2.75) is 329 Å². The van der Waals surface area contributed by atoms with E-state index in [0.717, 1.165) is 79.6 Å². The molecule has 7 aliphatic heterocycles. The van der Waals surface area contributed by atoms with Crippen molar-refractivity contribution in [3.8, 4) is 0 Å². The van der Waals surface area contributed by atoms with Crippen LogP contribution in [0.3, 0.4) is 0 Å². The van der Waals surface area contributed by atoms with E-state index >= 15 is 4.79 Å². The molecule has 1 aromatic carbocycles. The van der Waals surface area contributed by atoms with Gasteiger partial charge in [0, 0.05) is 53.9 Å². The SMILES string of the molecule is CC(=O)O[C@@H]1[C@@H](OC(C)=O)[C@H](C)O[C@@H](O[C@@H]2[C@H]3OC(C)(C)O[C@H]3[C@H](O[C@H]3[C@H](OC(=O)C(C)(C)C)[C@@H](O[C@@H]4O[C@@H](C)[C@H](OC(C)=O)[C@@H](OC(C)=O)[C@H]4OC(C)=O)[C@H](O[C@H]4CC[C@@]5(C)C(=CC[C@H]6[C@@H]7C[C@@H]8O[C@]9(CC[C@@H](C)CO9)[C@@H](C)[C@@H]8[C@@]7(C)CC[C@@H]65)C4)O[C@@H]3COC(=O)c3ccccc3)O[C@H]2C)[C@@H]1OC(C)=O. The summed E-state index contributed by atoms with van der Waals surface area (Å²) < 4.78 is 130. The zero-order chi connectivity index (χ0) is 76.6. The number of allylic oxidation sites excluding steroid dienone is 1. The van der Waals surface area contributed by atoms with Gasteiger partial charge in [-0.3, -0.25) is 33.6 Å². The lowest BCUT2D eigenvalue weighted by Gasteiger charge is -2.59. The van der Waals surface area contributed by atoms with E-state index in [-0.39, 0.29) is 28.4 Å². The maximum Gasteiger partial charge on any atom is 0.338 e. The first-order valence-electron chi connectivity index (χ1n) is 37.9. The Kier molecular flexibility index (Phi) is 23.5. The average molecular weight is 1500 g/mol. The third-order valence-corrected chi connectivity index (χ3v) is 24.2. The van der Waals surface area contributed by atoms with Crippen LogP contribution in [-0.2, 0) is 128 Å². The summed E-state index contributed by atoms with van der Waals surface area (Å²) >= 11 is 0. The number of ether oxygens (including phenoxy) is 20. The Bertz CT molecular complexity index is 3420. The molecule has 0 amide bonds. The number of esters is 8. The van der Waals surface area contributed by atoms with Crippen molar-refractivity contribution in [3.63, 3.8) is 0 Å². The Labute approximate surface area is 620 Å². The summed E-state index contributed by atoms with van der Waals surface area (Å²) in [6.07, 6.45) is -18.7. The van der Waals surface area contributed by atoms with Crippen LogP contribution >= 0.6 is 0 Å². The molecule has 0 N–H and O–H groups in total. The molecule has 31 atom stereocenters. The Morgan fingerprint density at radius 3 is 1.60 bits per heavy atom. The second-order valence-electron chi connectivity index (χ2n) is 33.3. The van der Waals surface area contributed by atoms with Gasteiger partial charge in [0.15, 0.2) is 85.6 Å². The maximum atomic E-state index is 15.1. The van der Waals surface area contributed by atoms with Gasteiger partial charge >= 0.3 is 47.8 Å². The van der Waals surface area contributed by atoms with Gasteiger partial charge < -0.3 is 94.7 Å². The van der Waals surface area contributed by atoms with Gasteiger partial charge in [-0.1, -0.05) is 57.5 Å². The Hall–Kier alpha value is -5.76. The molecule has 28 heteroatoms. The topological polar surface area (TPSA) is 321 Å². The molecular formula is C78H110O28. The number of rotatable bonds is 18. The molecule has 11 aliphatic rings. The van der Waals surface area contributed by atoms with Gasteiger partial charge in [-0.05, 0) is 159 Å². The number of hydrogen-bond acceptors (Lipinski definition) is 28. The molecule has 0 unspecified atom stereocenters. The molecule has 0 bridgehead atoms. The second-order valence-corrected chi connectivity index (χ2v) is 33.3. The van der Waals surface area contributed by atoms with Crippen LogP contribution in [0.2, 0.25) is 0 Å². The van der Waals surface area contributed by atoms with Crippen LogP contribution in [0.4, 0.5) is 0 Å². The van der Waals surface area contributed by atoms with Crippen LogP contribution in [0, 0.1) is 51.8 Å². The van der Waals surface area contributed by atoms with Crippen molar-refractivity contribution in [1.29, 1.82) is 0 Å². The minimum atomic E-state index is -1.75. The van der Waals surface area contributed by atoms with Crippen LogP contribution < -0.4 is 0 Å². The zero-order valence-corrected chi connectivity index (χ0v) is 64.3. The van der Waals surface area contributed by atoms with E-state index in [4.69, 9.17) is 94.7 Å². The second kappa shape index (κ2) is 31.2. The average Bonchev–Trinajstić information content (AvgIpc) is 1.54. The van der Waals surface area contributed by atoms with Gasteiger partial charge in [0.25, 0.3) is 0 Å². The molecule has 106 heavy (non-hydrogen) atoms. The van der Waals surface area contributed by atoms with Crippen LogP contribution in [0.25, 0.3) is 0 Å². The fourth-order valence-corrected chi connectivity index (χ4v) is 19.5. The normalized spacial score (nSPS) is 43.6. The lowest BCUT2D eigenvalue weighted by atomic mass is 9.47. The van der Waals surface area contributed by atoms with Crippen molar-refractivity contribution < 1.29 is 133 Å². The number of fused-ring (bicyclic) bond motifs is 8. The lowest BCUT2D eigenvalue weighted by Crippen LogP contribution is -2.68. The van der Waals surface area contributed by atoms with Crippen LogP contribution in [0.1, 0.15) is 193 Å². The lowest BCUT2D eigenvalue weighted by molar-refractivity contribution is -0.390. The summed E-state index contributed by atoms with van der Waals surface area (Å²) in [7, 11) is 0. The molecule has 7 heterocycles. The van der Waals surface area contributed by atoms with Crippen molar-refractivity contribution in [3.05, 3.63) is 47.5 Å². The summed E-state index contributed by atoms with van der Waals surface area (Å²) in [6, 6.07) is 8.27. The number of hydrogen-bond donors (Lipinski definition) is 0. The van der Waals surface area contributed by atoms with Crippen LogP contribution in [-0.4, -0.2) is 208 Å². The van der Waals surface area contributed by atoms with Crippen LogP contribution in [0.5, 0.6) is 0 Å². The molecule has 10 fully saturated rings. The van der Waals surface area contributed by atoms with Crippen molar-refractivity contribution in [1.82, 2.24) is 0 Å². The molecule has 0 aromatic heterocycles. The van der Waals surface area contributed by atoms with Crippen molar-refractivity contribution >= 4 is 47.8 Å². The molecular weight excluding hydrogens is 1380 g/mol. The quantitative estimate of drug-likeness (QED) is 0.0752. The molecule has 1 spiro atoms. The summed E-state index contributed by atoms with van der Waals surface area (Å²) in [5.74, 6) is -5.79. The Balaban J connectivity index is 0.907. The Morgan fingerprint density at radius 2 is 1.04 bits per heavy atom. The van der Waals surface area contributed by atoms with Gasteiger partial charge in [-0.2, -0.15) is 0 Å². The minimum Gasteiger partial charge on any atom is -0.459 e. The molecule has 1 aromatic rings. The highest BCUT2D eigenvalue weighted by atomic mass is 16.8. The van der Waals surface area contributed by atoms with E-state index in [0.29, 0.717) is 49.0 Å². The molecule has 4 aliphatic carbocycles. The first kappa shape index (κ1) is 79.8. The summed E-state index contributed by atoms with van der Waals surface area (Å²) in [4.78, 5) is 107. The molecule has 3 saturated carbocycles. The number of carbonyl (C=O) groups is 8. The van der Waals surface area contributed by atoms with Crippen LogP contribution in [0.15, 0.2) is 42.0 Å². The van der Waals surface area contributed by atoms with E-state index in [2.05, 4.69) is 33.8 Å². The van der Waals surface area contributed by atoms with E-state index < -0.39 is 200 Å². The standard InChI is InChI=1S/C78H110O28/c1-36-26-31-78(88-34-36)37(2)55-53(104-78)33-52-50-25-24-48-32-49(27-29-76(48,17)51(50)28-30-77(52,55)18)98-71-66(102-70-65(97-46(11)84)61(95-44(9)82)57(39(4)90-70)93-42(7)80)62(103-73(86)74(12,13)14)59(54(99-71)35-87-68(85)47-22-20-19-21-23-47)101-72-67-63(105-75(15,16)106-67)58(40(5)91-72)100-69-64(96-45(10)83)60(94-43(8)81)56(38(3)89-69)92-41(6)79/h19-24,36-40,49-67,69-72H,25-35H2,1-18H3/t36-,37+,38+,39+,40+,49+,50-,51+,52+,53+,54-,55+,56+,57+,58+,59-,60-,61-,62+,63-,64-,65-,66-,67-,69+,70+,71-,72+,76+,77+,78-/m1/s1. The molecule has 7 saturated heterocycles. The van der Waals surface area contributed by atoms with E-state index in [1.807, 2.05) is 0 Å². The van der Waals surface area contributed by atoms with E-state index in [1.54, 1.807) is 85.7 Å². The summed E-state index contributed by atoms with van der Waals surface area (Å²) in [5.41, 5.74) is 0.0931.